The second kappa shape index (κ2) is 9.47. The van der Waals surface area contributed by atoms with Gasteiger partial charge in [0.1, 0.15) is 5.54 Å². The van der Waals surface area contributed by atoms with Crippen LogP contribution in [0.3, 0.4) is 0 Å². The van der Waals surface area contributed by atoms with Gasteiger partial charge in [-0.05, 0) is 54.3 Å². The van der Waals surface area contributed by atoms with Crippen molar-refractivity contribution >= 4 is 33.4 Å². The van der Waals surface area contributed by atoms with E-state index in [1.54, 1.807) is 12.4 Å². The Morgan fingerprint density at radius 2 is 1.85 bits per heavy atom. The molecule has 0 aliphatic carbocycles. The van der Waals surface area contributed by atoms with Gasteiger partial charge in [0.05, 0.1) is 6.54 Å². The van der Waals surface area contributed by atoms with Crippen LogP contribution in [0.15, 0.2) is 54.9 Å². The van der Waals surface area contributed by atoms with Crippen LogP contribution in [0.5, 0.6) is 0 Å². The highest BCUT2D eigenvalue weighted by molar-refractivity contribution is 7.19. The predicted octanol–water partition coefficient (Wildman–Crippen LogP) is 5.14. The number of urea groups is 1. The molecule has 2 saturated heterocycles. The number of amides is 3. The van der Waals surface area contributed by atoms with E-state index in [2.05, 4.69) is 54.1 Å². The summed E-state index contributed by atoms with van der Waals surface area (Å²) in [6.45, 7) is 7.76. The first-order valence-electron chi connectivity index (χ1n) is 12.2. The van der Waals surface area contributed by atoms with Crippen LogP contribution < -0.4 is 0 Å². The molecule has 1 aromatic carbocycles. The average molecular weight is 477 g/mol. The number of aromatic nitrogens is 1. The Morgan fingerprint density at radius 1 is 1.06 bits per heavy atom. The number of likely N-dealkylation sites (tertiary alicyclic amines) is 1. The molecule has 0 bridgehead atoms. The lowest BCUT2D eigenvalue weighted by Gasteiger charge is -2.42. The van der Waals surface area contributed by atoms with Gasteiger partial charge in [-0.3, -0.25) is 19.6 Å². The van der Waals surface area contributed by atoms with Crippen molar-refractivity contribution in [3.05, 3.63) is 65.3 Å². The van der Waals surface area contributed by atoms with Gasteiger partial charge in [-0.1, -0.05) is 38.1 Å². The summed E-state index contributed by atoms with van der Waals surface area (Å²) in [6, 6.07) is 14.4. The molecule has 0 N–H and O–H groups in total. The van der Waals surface area contributed by atoms with Crippen molar-refractivity contribution in [3.8, 4) is 0 Å². The predicted molar refractivity (Wildman–Crippen MR) is 135 cm³/mol. The van der Waals surface area contributed by atoms with Crippen molar-refractivity contribution < 1.29 is 9.59 Å². The normalized spacial score (nSPS) is 18.7. The number of benzene rings is 1. The van der Waals surface area contributed by atoms with Gasteiger partial charge in [-0.25, -0.2) is 4.79 Å². The summed E-state index contributed by atoms with van der Waals surface area (Å²) in [5.41, 5.74) is 0.164. The van der Waals surface area contributed by atoms with Crippen molar-refractivity contribution in [2.24, 2.45) is 5.92 Å². The highest BCUT2D eigenvalue weighted by atomic mass is 32.1. The zero-order chi connectivity index (χ0) is 23.7. The monoisotopic (exact) mass is 476 g/mol. The van der Waals surface area contributed by atoms with Gasteiger partial charge in [0, 0.05) is 48.1 Å². The third-order valence-electron chi connectivity index (χ3n) is 7.15. The van der Waals surface area contributed by atoms with Crippen LogP contribution >= 0.6 is 11.3 Å². The lowest BCUT2D eigenvalue weighted by atomic mass is 9.85. The summed E-state index contributed by atoms with van der Waals surface area (Å²) in [6.07, 6.45) is 5.71. The number of hydrogen-bond acceptors (Lipinski definition) is 5. The van der Waals surface area contributed by atoms with E-state index in [0.29, 0.717) is 25.3 Å². The molecule has 0 saturated carbocycles. The molecule has 0 unspecified atom stereocenters. The standard InChI is InChI=1S/C27H32N4O2S/c1-20(2)9-13-31-26(33)30(18-21-6-5-12-28-17-21)25(32)27(31)10-14-29(15-11-27)19-23-16-22-7-3-4-8-24(22)34-23/h3-8,12,16-17,20H,9-11,13-15,18-19H2,1-2H3. The smallest absolute Gasteiger partial charge is 0.309 e. The molecule has 3 aromatic rings. The van der Waals surface area contributed by atoms with E-state index in [4.69, 9.17) is 0 Å². The molecule has 2 aromatic heterocycles. The molecular weight excluding hydrogens is 444 g/mol. The van der Waals surface area contributed by atoms with Crippen LogP contribution in [0.1, 0.15) is 43.6 Å². The number of imide groups is 1. The number of pyridine rings is 1. The first-order valence-corrected chi connectivity index (χ1v) is 13.0. The quantitative estimate of drug-likeness (QED) is 0.443. The summed E-state index contributed by atoms with van der Waals surface area (Å²) in [5.74, 6) is 0.437. The molecule has 0 atom stereocenters. The molecule has 1 spiro atoms. The number of piperidine rings is 1. The Labute approximate surface area is 205 Å². The van der Waals surface area contributed by atoms with Crippen LogP contribution in [-0.4, -0.2) is 56.8 Å². The number of carbonyl (C=O) groups is 2. The van der Waals surface area contributed by atoms with E-state index in [0.717, 1.165) is 31.6 Å². The fourth-order valence-electron chi connectivity index (χ4n) is 5.19. The summed E-state index contributed by atoms with van der Waals surface area (Å²) in [7, 11) is 0. The van der Waals surface area contributed by atoms with Gasteiger partial charge in [0.25, 0.3) is 5.91 Å². The maximum Gasteiger partial charge on any atom is 0.327 e. The van der Waals surface area contributed by atoms with E-state index in [9.17, 15) is 9.59 Å². The number of thiophene rings is 1. The van der Waals surface area contributed by atoms with E-state index in [1.807, 2.05) is 28.4 Å². The molecule has 7 heteroatoms. The molecule has 2 fully saturated rings. The number of nitrogens with zero attached hydrogens (tertiary/aromatic N) is 4. The third kappa shape index (κ3) is 4.34. The summed E-state index contributed by atoms with van der Waals surface area (Å²) in [4.78, 5) is 38.5. The average Bonchev–Trinajstić information content (AvgIpc) is 3.33. The molecular formula is C27H32N4O2S. The minimum atomic E-state index is -0.717. The number of fused-ring (bicyclic) bond motifs is 1. The van der Waals surface area contributed by atoms with Crippen LogP contribution in [-0.2, 0) is 17.9 Å². The number of hydrogen-bond donors (Lipinski definition) is 0. The molecule has 6 nitrogen and oxygen atoms in total. The van der Waals surface area contributed by atoms with Crippen LogP contribution in [0, 0.1) is 5.92 Å². The van der Waals surface area contributed by atoms with Crippen molar-refractivity contribution in [1.82, 2.24) is 19.7 Å². The first kappa shape index (κ1) is 23.0. The lowest BCUT2D eigenvalue weighted by molar-refractivity contribution is -0.136. The molecule has 2 aliphatic rings. The van der Waals surface area contributed by atoms with Gasteiger partial charge in [-0.2, -0.15) is 0 Å². The zero-order valence-electron chi connectivity index (χ0n) is 19.9. The summed E-state index contributed by atoms with van der Waals surface area (Å²) in [5, 5.41) is 1.29. The maximum absolute atomic E-state index is 13.8. The Hall–Kier alpha value is -2.77. The molecule has 34 heavy (non-hydrogen) atoms. The molecule has 178 valence electrons. The first-order chi connectivity index (χ1) is 16.5. The van der Waals surface area contributed by atoms with Crippen LogP contribution in [0.2, 0.25) is 0 Å². The Bertz CT molecular complexity index is 1130. The molecule has 2 aliphatic heterocycles. The van der Waals surface area contributed by atoms with Gasteiger partial charge in [0.15, 0.2) is 0 Å². The topological polar surface area (TPSA) is 56.8 Å². The summed E-state index contributed by atoms with van der Waals surface area (Å²) >= 11 is 1.84. The van der Waals surface area contributed by atoms with Crippen molar-refractivity contribution in [1.29, 1.82) is 0 Å². The van der Waals surface area contributed by atoms with E-state index in [1.165, 1.54) is 19.9 Å². The highest BCUT2D eigenvalue weighted by Gasteiger charge is 2.57. The Morgan fingerprint density at radius 3 is 2.56 bits per heavy atom. The van der Waals surface area contributed by atoms with Crippen molar-refractivity contribution in [3.63, 3.8) is 0 Å². The SMILES string of the molecule is CC(C)CCN1C(=O)N(Cc2cccnc2)C(=O)C12CCN(Cc1cc3ccccc3s1)CC2. The molecule has 4 heterocycles. The Kier molecular flexibility index (Phi) is 6.40. The van der Waals surface area contributed by atoms with Crippen LogP contribution in [0.25, 0.3) is 10.1 Å². The fraction of sp³-hybridized carbons (Fsp3) is 0.444. The van der Waals surface area contributed by atoms with Crippen molar-refractivity contribution in [2.45, 2.75) is 51.7 Å². The fourth-order valence-corrected chi connectivity index (χ4v) is 6.30. The van der Waals surface area contributed by atoms with E-state index >= 15 is 0 Å². The van der Waals surface area contributed by atoms with Crippen molar-refractivity contribution in [2.75, 3.05) is 19.6 Å². The van der Waals surface area contributed by atoms with Gasteiger partial charge < -0.3 is 4.90 Å². The zero-order valence-corrected chi connectivity index (χ0v) is 20.8. The highest BCUT2D eigenvalue weighted by Crippen LogP contribution is 2.39. The maximum atomic E-state index is 13.8. The molecule has 5 rings (SSSR count). The van der Waals surface area contributed by atoms with E-state index < -0.39 is 5.54 Å². The molecule has 3 amide bonds. The van der Waals surface area contributed by atoms with Gasteiger partial charge in [0.2, 0.25) is 0 Å². The second-order valence-corrected chi connectivity index (χ2v) is 11.1. The van der Waals surface area contributed by atoms with Crippen LogP contribution in [0.4, 0.5) is 4.79 Å². The second-order valence-electron chi connectivity index (χ2n) is 9.93. The lowest BCUT2D eigenvalue weighted by Crippen LogP contribution is -2.56. The third-order valence-corrected chi connectivity index (χ3v) is 8.26. The number of carbonyl (C=O) groups excluding carboxylic acids is 2. The minimum Gasteiger partial charge on any atom is -0.309 e. The number of rotatable bonds is 7. The van der Waals surface area contributed by atoms with Gasteiger partial charge >= 0.3 is 6.03 Å². The Balaban J connectivity index is 1.33. The largest absolute Gasteiger partial charge is 0.327 e. The summed E-state index contributed by atoms with van der Waals surface area (Å²) < 4.78 is 1.31. The van der Waals surface area contributed by atoms with Gasteiger partial charge in [-0.15, -0.1) is 11.3 Å². The molecule has 0 radical (unpaired) electrons. The minimum absolute atomic E-state index is 0.0355. The van der Waals surface area contributed by atoms with E-state index in [-0.39, 0.29) is 18.5 Å².